The third-order valence-corrected chi connectivity index (χ3v) is 7.28. The van der Waals surface area contributed by atoms with Gasteiger partial charge in [-0.15, -0.1) is 28.3 Å². The van der Waals surface area contributed by atoms with Gasteiger partial charge < -0.3 is 4.57 Å². The summed E-state index contributed by atoms with van der Waals surface area (Å²) in [7, 11) is 3.48. The number of nitrogens with zero attached hydrogens (tertiary/aromatic N) is 2. The molecule has 1 heterocycles. The average Bonchev–Trinajstić information content (AvgIpc) is 3.02. The lowest BCUT2D eigenvalue weighted by Gasteiger charge is -2.07. The van der Waals surface area contributed by atoms with Gasteiger partial charge in [0, 0.05) is 28.7 Å². The number of aryl methyl sites for hydroxylation is 2. The van der Waals surface area contributed by atoms with E-state index in [2.05, 4.69) is 32.0 Å². The number of thiazole rings is 1. The molecular formula is C20H21BrCl2N2O2S2. The van der Waals surface area contributed by atoms with Gasteiger partial charge in [-0.3, -0.25) is 0 Å². The molecule has 156 valence electrons. The van der Waals surface area contributed by atoms with E-state index in [0.717, 1.165) is 29.0 Å². The van der Waals surface area contributed by atoms with Gasteiger partial charge in [-0.05, 0) is 42.2 Å². The molecule has 0 atom stereocenters. The minimum absolute atomic E-state index is 0. The summed E-state index contributed by atoms with van der Waals surface area (Å²) in [5.74, 6) is 0. The summed E-state index contributed by atoms with van der Waals surface area (Å²) in [5.41, 5.74) is 4.99. The van der Waals surface area contributed by atoms with E-state index in [1.54, 1.807) is 12.1 Å². The first-order chi connectivity index (χ1) is 13.2. The van der Waals surface area contributed by atoms with E-state index in [4.69, 9.17) is 27.3 Å². The molecule has 0 saturated heterocycles. The van der Waals surface area contributed by atoms with Gasteiger partial charge in [0.15, 0.2) is 4.80 Å². The highest BCUT2D eigenvalue weighted by Crippen LogP contribution is 2.30. The lowest BCUT2D eigenvalue weighted by atomic mass is 10.1. The molecule has 0 radical (unpaired) electrons. The Labute approximate surface area is 195 Å². The zero-order chi connectivity index (χ0) is 20.5. The highest BCUT2D eigenvalue weighted by Gasteiger charge is 2.17. The first kappa shape index (κ1) is 24.2. The van der Waals surface area contributed by atoms with Gasteiger partial charge in [-0.2, -0.15) is 0 Å². The topological polar surface area (TPSA) is 51.4 Å². The van der Waals surface area contributed by atoms with Gasteiger partial charge in [-0.1, -0.05) is 43.6 Å². The summed E-state index contributed by atoms with van der Waals surface area (Å²) in [4.78, 5) is 5.56. The normalized spacial score (nSPS) is 12.1. The molecule has 0 unspecified atom stereocenters. The Kier molecular flexibility index (Phi) is 8.15. The number of halogens is 3. The van der Waals surface area contributed by atoms with E-state index in [-0.39, 0.29) is 26.9 Å². The van der Waals surface area contributed by atoms with E-state index < -0.39 is 9.05 Å². The van der Waals surface area contributed by atoms with Crippen LogP contribution in [0.5, 0.6) is 0 Å². The van der Waals surface area contributed by atoms with Gasteiger partial charge in [-0.25, -0.2) is 13.4 Å². The molecule has 1 aromatic heterocycles. The van der Waals surface area contributed by atoms with Crippen LogP contribution < -0.4 is 4.80 Å². The molecule has 29 heavy (non-hydrogen) atoms. The standard InChI is InChI=1S/C20H20Cl2N2O2S2.BrH/c1-4-13-6-9-17(14(5-2)10-13)23-20-24(3)18(12-27-20)15-7-8-16(21)19(11-15)28(22,25)26;/h6-12H,4-5H2,1-3H3;1H/b23-20+;. The van der Waals surface area contributed by atoms with Crippen molar-refractivity contribution < 1.29 is 8.42 Å². The van der Waals surface area contributed by atoms with Crippen molar-refractivity contribution in [2.75, 3.05) is 0 Å². The molecule has 3 rings (SSSR count). The fraction of sp³-hybridized carbons (Fsp3) is 0.250. The van der Waals surface area contributed by atoms with Crippen molar-refractivity contribution in [1.82, 2.24) is 4.57 Å². The maximum atomic E-state index is 11.7. The van der Waals surface area contributed by atoms with Crippen LogP contribution in [0, 0.1) is 0 Å². The Morgan fingerprint density at radius 2 is 1.83 bits per heavy atom. The monoisotopic (exact) mass is 534 g/mol. The number of rotatable bonds is 5. The van der Waals surface area contributed by atoms with Crippen LogP contribution in [0.1, 0.15) is 25.0 Å². The maximum absolute atomic E-state index is 11.7. The molecule has 0 saturated carbocycles. The summed E-state index contributed by atoms with van der Waals surface area (Å²) in [6, 6.07) is 11.2. The third-order valence-electron chi connectivity index (χ3n) is 4.56. The fourth-order valence-corrected chi connectivity index (χ4v) is 5.35. The number of hydrogen-bond acceptors (Lipinski definition) is 4. The molecule has 0 aliphatic rings. The van der Waals surface area contributed by atoms with Crippen LogP contribution in [0.25, 0.3) is 11.3 Å². The Bertz CT molecular complexity index is 1200. The molecule has 0 fully saturated rings. The van der Waals surface area contributed by atoms with Crippen molar-refractivity contribution >= 4 is 65.3 Å². The van der Waals surface area contributed by atoms with E-state index in [0.29, 0.717) is 5.56 Å². The van der Waals surface area contributed by atoms with Crippen LogP contribution >= 0.6 is 50.6 Å². The lowest BCUT2D eigenvalue weighted by molar-refractivity contribution is 0.609. The molecule has 0 aliphatic heterocycles. The third kappa shape index (κ3) is 5.33. The van der Waals surface area contributed by atoms with Crippen molar-refractivity contribution in [3.05, 3.63) is 62.7 Å². The van der Waals surface area contributed by atoms with Gasteiger partial charge in [0.2, 0.25) is 0 Å². The Morgan fingerprint density at radius 3 is 2.45 bits per heavy atom. The molecule has 0 spiro atoms. The van der Waals surface area contributed by atoms with Crippen molar-refractivity contribution in [3.63, 3.8) is 0 Å². The van der Waals surface area contributed by atoms with Gasteiger partial charge in [0.25, 0.3) is 9.05 Å². The van der Waals surface area contributed by atoms with Crippen LogP contribution in [0.3, 0.4) is 0 Å². The first-order valence-electron chi connectivity index (χ1n) is 8.80. The maximum Gasteiger partial charge on any atom is 0.262 e. The fourth-order valence-electron chi connectivity index (χ4n) is 2.94. The highest BCUT2D eigenvalue weighted by molar-refractivity contribution is 8.93. The summed E-state index contributed by atoms with van der Waals surface area (Å²) in [5, 5.41) is 2.05. The van der Waals surface area contributed by atoms with E-state index in [9.17, 15) is 8.42 Å². The smallest absolute Gasteiger partial charge is 0.262 e. The quantitative estimate of drug-likeness (QED) is 0.361. The van der Waals surface area contributed by atoms with E-state index in [1.807, 2.05) is 17.0 Å². The SMILES string of the molecule is Br.CCc1ccc(/N=c2/scc(-c3ccc(Cl)c(S(=O)(=O)Cl)c3)n2C)c(CC)c1. The molecule has 2 aromatic carbocycles. The van der Waals surface area contributed by atoms with Gasteiger partial charge in [0.1, 0.15) is 4.90 Å². The molecule has 9 heteroatoms. The van der Waals surface area contributed by atoms with Crippen LogP contribution in [0.4, 0.5) is 5.69 Å². The van der Waals surface area contributed by atoms with Crippen LogP contribution in [0.2, 0.25) is 5.02 Å². The minimum atomic E-state index is -3.92. The Balaban J connectivity index is 0.00000300. The zero-order valence-corrected chi connectivity index (χ0v) is 21.0. The molecule has 0 bridgehead atoms. The van der Waals surface area contributed by atoms with Crippen molar-refractivity contribution in [2.24, 2.45) is 12.0 Å². The van der Waals surface area contributed by atoms with Crippen molar-refractivity contribution in [1.29, 1.82) is 0 Å². The largest absolute Gasteiger partial charge is 0.320 e. The van der Waals surface area contributed by atoms with Crippen LogP contribution in [-0.4, -0.2) is 13.0 Å². The van der Waals surface area contributed by atoms with Crippen LogP contribution in [-0.2, 0) is 28.9 Å². The summed E-state index contributed by atoms with van der Waals surface area (Å²) in [6.45, 7) is 4.26. The van der Waals surface area contributed by atoms with Crippen LogP contribution in [0.15, 0.2) is 51.7 Å². The molecule has 0 aliphatic carbocycles. The Hall–Kier alpha value is -1.12. The summed E-state index contributed by atoms with van der Waals surface area (Å²) < 4.78 is 25.4. The molecule has 3 aromatic rings. The summed E-state index contributed by atoms with van der Waals surface area (Å²) in [6.07, 6.45) is 1.90. The number of benzene rings is 2. The second-order valence-electron chi connectivity index (χ2n) is 6.33. The first-order valence-corrected chi connectivity index (χ1v) is 12.4. The molecule has 4 nitrogen and oxygen atoms in total. The predicted molar refractivity (Wildman–Crippen MR) is 128 cm³/mol. The van der Waals surface area contributed by atoms with Gasteiger partial charge in [0.05, 0.1) is 16.4 Å². The van der Waals surface area contributed by atoms with Crippen molar-refractivity contribution in [2.45, 2.75) is 31.6 Å². The second kappa shape index (κ2) is 9.79. The average molecular weight is 536 g/mol. The minimum Gasteiger partial charge on any atom is -0.320 e. The number of hydrogen-bond donors (Lipinski definition) is 0. The summed E-state index contributed by atoms with van der Waals surface area (Å²) >= 11 is 7.49. The highest BCUT2D eigenvalue weighted by atomic mass is 79.9. The zero-order valence-electron chi connectivity index (χ0n) is 16.1. The van der Waals surface area contributed by atoms with Crippen molar-refractivity contribution in [3.8, 4) is 11.3 Å². The molecule has 0 amide bonds. The number of aromatic nitrogens is 1. The molecule has 0 N–H and O–H groups in total. The second-order valence-corrected chi connectivity index (χ2v) is 10.1. The van der Waals surface area contributed by atoms with E-state index >= 15 is 0 Å². The lowest BCUT2D eigenvalue weighted by Crippen LogP contribution is -2.11. The van der Waals surface area contributed by atoms with E-state index in [1.165, 1.54) is 28.5 Å². The predicted octanol–water partition coefficient (Wildman–Crippen LogP) is 6.27. The Morgan fingerprint density at radius 1 is 1.10 bits per heavy atom. The molecular weight excluding hydrogens is 515 g/mol. The van der Waals surface area contributed by atoms with Gasteiger partial charge >= 0.3 is 0 Å².